The molecule has 1 rings (SSSR count). The van der Waals surface area contributed by atoms with Gasteiger partial charge in [-0.2, -0.15) is 0 Å². The summed E-state index contributed by atoms with van der Waals surface area (Å²) in [6.45, 7) is 7.48. The van der Waals surface area contributed by atoms with Crippen LogP contribution in [0.2, 0.25) is 0 Å². The van der Waals surface area contributed by atoms with Crippen LogP contribution in [0.5, 0.6) is 0 Å². The largest absolute Gasteiger partial charge is 0.313 e. The fourth-order valence-electron chi connectivity index (χ4n) is 2.69. The highest BCUT2D eigenvalue weighted by Gasteiger charge is 2.22. The topological polar surface area (TPSA) is 55.2 Å². The van der Waals surface area contributed by atoms with Crippen LogP contribution in [-0.4, -0.2) is 17.5 Å². The monoisotopic (exact) mass is 278 g/mol. The molecule has 0 saturated heterocycles. The first kappa shape index (κ1) is 16.6. The third-order valence-electron chi connectivity index (χ3n) is 3.90. The van der Waals surface area contributed by atoms with E-state index in [2.05, 4.69) is 26.1 Å². The van der Waals surface area contributed by atoms with Crippen LogP contribution in [0, 0.1) is 16.0 Å². The summed E-state index contributed by atoms with van der Waals surface area (Å²) in [5.41, 5.74) is 1.07. The lowest BCUT2D eigenvalue weighted by Gasteiger charge is -2.26. The van der Waals surface area contributed by atoms with E-state index >= 15 is 0 Å². The molecule has 4 heteroatoms. The fourth-order valence-corrected chi connectivity index (χ4v) is 2.69. The number of nitrogens with one attached hydrogen (secondary N) is 1. The number of para-hydroxylation sites is 1. The maximum atomic E-state index is 11.1. The first-order chi connectivity index (χ1) is 9.63. The van der Waals surface area contributed by atoms with Crippen LogP contribution in [-0.2, 0) is 6.42 Å². The lowest BCUT2D eigenvalue weighted by atomic mass is 9.89. The van der Waals surface area contributed by atoms with Crippen LogP contribution in [0.1, 0.15) is 45.6 Å². The van der Waals surface area contributed by atoms with E-state index < -0.39 is 0 Å². The Kier molecular flexibility index (Phi) is 7.23. The summed E-state index contributed by atoms with van der Waals surface area (Å²) in [5.74, 6) is 0.557. The predicted octanol–water partition coefficient (Wildman–Crippen LogP) is 3.94. The van der Waals surface area contributed by atoms with E-state index in [9.17, 15) is 10.1 Å². The molecule has 1 atom stereocenters. The molecule has 4 nitrogen and oxygen atoms in total. The Morgan fingerprint density at radius 2 is 1.85 bits per heavy atom. The summed E-state index contributed by atoms with van der Waals surface area (Å²) in [7, 11) is 0. The van der Waals surface area contributed by atoms with Crippen molar-refractivity contribution < 1.29 is 4.92 Å². The van der Waals surface area contributed by atoms with E-state index in [-0.39, 0.29) is 10.6 Å². The van der Waals surface area contributed by atoms with Gasteiger partial charge in [0.25, 0.3) is 5.69 Å². The quantitative estimate of drug-likeness (QED) is 0.550. The molecule has 0 aromatic heterocycles. The van der Waals surface area contributed by atoms with Crippen molar-refractivity contribution in [2.75, 3.05) is 6.54 Å². The SMILES string of the molecule is CCCNC(Cc1ccccc1[N+](=O)[O-])C(CC)CC. The molecule has 1 N–H and O–H groups in total. The van der Waals surface area contributed by atoms with Crippen molar-refractivity contribution >= 4 is 5.69 Å². The van der Waals surface area contributed by atoms with Crippen LogP contribution >= 0.6 is 0 Å². The summed E-state index contributed by atoms with van der Waals surface area (Å²) in [5, 5.41) is 14.7. The highest BCUT2D eigenvalue weighted by molar-refractivity contribution is 5.40. The van der Waals surface area contributed by atoms with Crippen LogP contribution in [0.3, 0.4) is 0 Å². The molecular weight excluding hydrogens is 252 g/mol. The third kappa shape index (κ3) is 4.60. The maximum absolute atomic E-state index is 11.1. The summed E-state index contributed by atoms with van der Waals surface area (Å²) >= 11 is 0. The summed E-state index contributed by atoms with van der Waals surface area (Å²) < 4.78 is 0. The van der Waals surface area contributed by atoms with Gasteiger partial charge in [0.15, 0.2) is 0 Å². The van der Waals surface area contributed by atoms with Gasteiger partial charge in [0.1, 0.15) is 0 Å². The Morgan fingerprint density at radius 1 is 1.20 bits per heavy atom. The molecular formula is C16H26N2O2. The Morgan fingerprint density at radius 3 is 2.40 bits per heavy atom. The minimum atomic E-state index is -0.279. The molecule has 0 aliphatic heterocycles. The van der Waals surface area contributed by atoms with E-state index in [1.54, 1.807) is 12.1 Å². The normalized spacial score (nSPS) is 12.6. The molecule has 0 fully saturated rings. The van der Waals surface area contributed by atoms with Crippen molar-refractivity contribution in [1.82, 2.24) is 5.32 Å². The molecule has 0 amide bonds. The van der Waals surface area contributed by atoms with Gasteiger partial charge in [-0.05, 0) is 25.3 Å². The molecule has 1 unspecified atom stereocenters. The van der Waals surface area contributed by atoms with E-state index in [1.807, 2.05) is 12.1 Å². The predicted molar refractivity (Wildman–Crippen MR) is 83.0 cm³/mol. The van der Waals surface area contributed by atoms with E-state index in [0.717, 1.165) is 37.8 Å². The average Bonchev–Trinajstić information content (AvgIpc) is 2.46. The van der Waals surface area contributed by atoms with Crippen LogP contribution < -0.4 is 5.32 Å². The van der Waals surface area contributed by atoms with Crippen LogP contribution in [0.4, 0.5) is 5.69 Å². The van der Waals surface area contributed by atoms with Gasteiger partial charge in [0.2, 0.25) is 0 Å². The van der Waals surface area contributed by atoms with E-state index in [0.29, 0.717) is 12.0 Å². The molecule has 0 saturated carbocycles. The Balaban J connectivity index is 2.91. The molecule has 1 aromatic rings. The molecule has 0 aliphatic carbocycles. The third-order valence-corrected chi connectivity index (χ3v) is 3.90. The second-order valence-corrected chi connectivity index (χ2v) is 5.23. The number of rotatable bonds is 9. The Bertz CT molecular complexity index is 417. The molecule has 0 radical (unpaired) electrons. The zero-order valence-electron chi connectivity index (χ0n) is 12.8. The van der Waals surface area contributed by atoms with Crippen molar-refractivity contribution in [2.45, 2.75) is 52.5 Å². The van der Waals surface area contributed by atoms with Gasteiger partial charge in [0, 0.05) is 17.7 Å². The zero-order valence-corrected chi connectivity index (χ0v) is 12.8. The first-order valence-electron chi connectivity index (χ1n) is 7.59. The Labute approximate surface area is 121 Å². The van der Waals surface area contributed by atoms with Gasteiger partial charge >= 0.3 is 0 Å². The van der Waals surface area contributed by atoms with Crippen LogP contribution in [0.25, 0.3) is 0 Å². The molecule has 20 heavy (non-hydrogen) atoms. The van der Waals surface area contributed by atoms with Gasteiger partial charge in [-0.1, -0.05) is 51.8 Å². The summed E-state index contributed by atoms with van der Waals surface area (Å²) in [6.07, 6.45) is 3.99. The van der Waals surface area contributed by atoms with E-state index in [1.165, 1.54) is 0 Å². The standard InChI is InChI=1S/C16H26N2O2/c1-4-11-17-15(13(5-2)6-3)12-14-9-7-8-10-16(14)18(19)20/h7-10,13,15,17H,4-6,11-12H2,1-3H3. The number of hydrogen-bond donors (Lipinski definition) is 1. The summed E-state index contributed by atoms with van der Waals surface area (Å²) in [4.78, 5) is 10.8. The van der Waals surface area contributed by atoms with Crippen molar-refractivity contribution in [3.05, 3.63) is 39.9 Å². The highest BCUT2D eigenvalue weighted by atomic mass is 16.6. The molecule has 1 aromatic carbocycles. The maximum Gasteiger partial charge on any atom is 0.272 e. The molecule has 0 spiro atoms. The number of nitro benzene ring substituents is 1. The van der Waals surface area contributed by atoms with Crippen molar-refractivity contribution in [1.29, 1.82) is 0 Å². The van der Waals surface area contributed by atoms with Gasteiger partial charge in [-0.25, -0.2) is 0 Å². The van der Waals surface area contributed by atoms with Gasteiger partial charge in [-0.15, -0.1) is 0 Å². The number of nitro groups is 1. The second-order valence-electron chi connectivity index (χ2n) is 5.23. The first-order valence-corrected chi connectivity index (χ1v) is 7.59. The number of benzene rings is 1. The highest BCUT2D eigenvalue weighted by Crippen LogP contribution is 2.23. The molecule has 0 heterocycles. The number of hydrogen-bond acceptors (Lipinski definition) is 3. The smallest absolute Gasteiger partial charge is 0.272 e. The van der Waals surface area contributed by atoms with Gasteiger partial charge in [0.05, 0.1) is 4.92 Å². The molecule has 0 aliphatic rings. The Hall–Kier alpha value is -1.42. The minimum Gasteiger partial charge on any atom is -0.313 e. The van der Waals surface area contributed by atoms with Crippen molar-refractivity contribution in [3.63, 3.8) is 0 Å². The second kappa shape index (κ2) is 8.69. The van der Waals surface area contributed by atoms with Gasteiger partial charge < -0.3 is 5.32 Å². The number of nitrogens with zero attached hydrogens (tertiary/aromatic N) is 1. The lowest BCUT2D eigenvalue weighted by molar-refractivity contribution is -0.385. The fraction of sp³-hybridized carbons (Fsp3) is 0.625. The van der Waals surface area contributed by atoms with Crippen LogP contribution in [0.15, 0.2) is 24.3 Å². The van der Waals surface area contributed by atoms with E-state index in [4.69, 9.17) is 0 Å². The summed E-state index contributed by atoms with van der Waals surface area (Å²) in [6, 6.07) is 7.39. The molecule has 0 bridgehead atoms. The van der Waals surface area contributed by atoms with Gasteiger partial charge in [-0.3, -0.25) is 10.1 Å². The minimum absolute atomic E-state index is 0.238. The van der Waals surface area contributed by atoms with Crippen molar-refractivity contribution in [3.8, 4) is 0 Å². The lowest BCUT2D eigenvalue weighted by Crippen LogP contribution is -2.38. The molecule has 112 valence electrons. The average molecular weight is 278 g/mol. The zero-order chi connectivity index (χ0) is 15.0. The van der Waals surface area contributed by atoms with Crippen molar-refractivity contribution in [2.24, 2.45) is 5.92 Å².